The van der Waals surface area contributed by atoms with E-state index in [1.807, 2.05) is 17.0 Å². The molecule has 6 heteroatoms. The lowest BCUT2D eigenvalue weighted by Gasteiger charge is -2.35. The Hall–Kier alpha value is -1.40. The van der Waals surface area contributed by atoms with Crippen LogP contribution in [-0.4, -0.2) is 38.3 Å². The van der Waals surface area contributed by atoms with Crippen molar-refractivity contribution in [2.24, 2.45) is 5.92 Å². The number of amides is 1. The highest BCUT2D eigenvalue weighted by Gasteiger charge is 2.33. The first-order valence-electron chi connectivity index (χ1n) is 10.0. The van der Waals surface area contributed by atoms with E-state index in [1.165, 1.54) is 0 Å². The van der Waals surface area contributed by atoms with Crippen molar-refractivity contribution in [3.05, 3.63) is 23.8 Å². The molecule has 0 radical (unpaired) electrons. The van der Waals surface area contributed by atoms with Gasteiger partial charge in [0.25, 0.3) is 0 Å². The van der Waals surface area contributed by atoms with Crippen LogP contribution in [0.2, 0.25) is 0 Å². The van der Waals surface area contributed by atoms with Gasteiger partial charge >= 0.3 is 0 Å². The van der Waals surface area contributed by atoms with Crippen molar-refractivity contribution in [3.63, 3.8) is 0 Å². The van der Waals surface area contributed by atoms with E-state index < -0.39 is 10.0 Å². The van der Waals surface area contributed by atoms with Crippen LogP contribution in [0.4, 0.5) is 5.69 Å². The number of benzene rings is 1. The SMILES string of the molecule is O=C(C1CCC1)N1CCCc2cc(S(=O)(=O)N3CCCCCC3)ccc21. The number of hydrogen-bond donors (Lipinski definition) is 0. The molecule has 4 rings (SSSR count). The van der Waals surface area contributed by atoms with E-state index in [4.69, 9.17) is 0 Å². The van der Waals surface area contributed by atoms with Crippen molar-refractivity contribution < 1.29 is 13.2 Å². The second-order valence-electron chi connectivity index (χ2n) is 7.83. The van der Waals surface area contributed by atoms with E-state index in [2.05, 4.69) is 0 Å². The molecule has 26 heavy (non-hydrogen) atoms. The zero-order valence-electron chi connectivity index (χ0n) is 15.3. The molecule has 1 saturated carbocycles. The minimum atomic E-state index is -3.44. The van der Waals surface area contributed by atoms with Gasteiger partial charge in [0.1, 0.15) is 0 Å². The Kier molecular flexibility index (Phi) is 5.06. The van der Waals surface area contributed by atoms with E-state index in [9.17, 15) is 13.2 Å². The standard InChI is InChI=1S/C20H28N2O3S/c23-20(16-7-5-8-16)22-14-6-9-17-15-18(10-11-19(17)22)26(24,25)21-12-3-1-2-4-13-21/h10-11,15-16H,1-9,12-14H2. The van der Waals surface area contributed by atoms with E-state index in [0.29, 0.717) is 18.0 Å². The molecular weight excluding hydrogens is 348 g/mol. The highest BCUT2D eigenvalue weighted by molar-refractivity contribution is 7.89. The Balaban J connectivity index is 1.61. The topological polar surface area (TPSA) is 57.7 Å². The summed E-state index contributed by atoms with van der Waals surface area (Å²) in [5, 5.41) is 0. The molecule has 0 aromatic heterocycles. The number of fused-ring (bicyclic) bond motifs is 1. The fourth-order valence-electron chi connectivity index (χ4n) is 4.27. The third-order valence-corrected chi connectivity index (χ3v) is 7.99. The summed E-state index contributed by atoms with van der Waals surface area (Å²) in [7, 11) is -3.44. The predicted octanol–water partition coefficient (Wildman–Crippen LogP) is 3.33. The van der Waals surface area contributed by atoms with Crippen LogP contribution in [-0.2, 0) is 21.2 Å². The summed E-state index contributed by atoms with van der Waals surface area (Å²) in [6, 6.07) is 5.37. The Morgan fingerprint density at radius 1 is 0.923 bits per heavy atom. The van der Waals surface area contributed by atoms with Gasteiger partial charge in [-0.2, -0.15) is 4.31 Å². The molecule has 1 saturated heterocycles. The zero-order valence-corrected chi connectivity index (χ0v) is 16.1. The van der Waals surface area contributed by atoms with Crippen molar-refractivity contribution >= 4 is 21.6 Å². The first-order valence-corrected chi connectivity index (χ1v) is 11.5. The van der Waals surface area contributed by atoms with Crippen LogP contribution in [0.5, 0.6) is 0 Å². The summed E-state index contributed by atoms with van der Waals surface area (Å²) < 4.78 is 27.7. The van der Waals surface area contributed by atoms with Crippen LogP contribution < -0.4 is 4.90 Å². The molecule has 1 amide bonds. The highest BCUT2D eigenvalue weighted by Crippen LogP contribution is 2.35. The maximum atomic E-state index is 13.1. The molecule has 1 aliphatic carbocycles. The van der Waals surface area contributed by atoms with Gasteiger partial charge in [-0.3, -0.25) is 4.79 Å². The number of carbonyl (C=O) groups excluding carboxylic acids is 1. The van der Waals surface area contributed by atoms with E-state index in [1.54, 1.807) is 10.4 Å². The normalized spacial score (nSPS) is 22.4. The van der Waals surface area contributed by atoms with Crippen LogP contribution in [0.25, 0.3) is 0 Å². The van der Waals surface area contributed by atoms with Gasteiger partial charge in [-0.25, -0.2) is 8.42 Å². The monoisotopic (exact) mass is 376 g/mol. The largest absolute Gasteiger partial charge is 0.312 e. The van der Waals surface area contributed by atoms with Gasteiger partial charge < -0.3 is 4.90 Å². The van der Waals surface area contributed by atoms with Crippen molar-refractivity contribution in [1.82, 2.24) is 4.31 Å². The van der Waals surface area contributed by atoms with E-state index in [0.717, 1.165) is 75.6 Å². The van der Waals surface area contributed by atoms with Crippen LogP contribution in [0, 0.1) is 5.92 Å². The maximum Gasteiger partial charge on any atom is 0.243 e. The molecule has 0 bridgehead atoms. The van der Waals surface area contributed by atoms with Gasteiger partial charge in [-0.15, -0.1) is 0 Å². The number of nitrogens with zero attached hydrogens (tertiary/aromatic N) is 2. The quantitative estimate of drug-likeness (QED) is 0.813. The lowest BCUT2D eigenvalue weighted by molar-refractivity contribution is -0.124. The second-order valence-corrected chi connectivity index (χ2v) is 9.77. The van der Waals surface area contributed by atoms with Crippen LogP contribution in [0.3, 0.4) is 0 Å². The Morgan fingerprint density at radius 2 is 1.65 bits per heavy atom. The first kappa shape index (κ1) is 18.0. The smallest absolute Gasteiger partial charge is 0.243 e. The molecule has 0 N–H and O–H groups in total. The predicted molar refractivity (Wildman–Crippen MR) is 102 cm³/mol. The van der Waals surface area contributed by atoms with Crippen molar-refractivity contribution in [1.29, 1.82) is 0 Å². The summed E-state index contributed by atoms with van der Waals surface area (Å²) >= 11 is 0. The lowest BCUT2D eigenvalue weighted by atomic mass is 9.83. The zero-order chi connectivity index (χ0) is 18.1. The fourth-order valence-corrected chi connectivity index (χ4v) is 5.84. The average Bonchev–Trinajstić information content (AvgIpc) is 2.89. The van der Waals surface area contributed by atoms with Crippen molar-refractivity contribution in [2.75, 3.05) is 24.5 Å². The summed E-state index contributed by atoms with van der Waals surface area (Å²) in [4.78, 5) is 15.0. The van der Waals surface area contributed by atoms with Gasteiger partial charge in [-0.05, 0) is 62.3 Å². The molecule has 5 nitrogen and oxygen atoms in total. The summed E-state index contributed by atoms with van der Waals surface area (Å²) in [6.45, 7) is 1.98. The molecule has 2 fully saturated rings. The molecule has 1 aromatic carbocycles. The molecule has 1 aromatic rings. The Morgan fingerprint density at radius 3 is 2.31 bits per heavy atom. The van der Waals surface area contributed by atoms with Crippen LogP contribution in [0.1, 0.15) is 56.9 Å². The highest BCUT2D eigenvalue weighted by atomic mass is 32.2. The minimum absolute atomic E-state index is 0.168. The van der Waals surface area contributed by atoms with E-state index >= 15 is 0 Å². The number of carbonyl (C=O) groups is 1. The molecular formula is C20H28N2O3S. The van der Waals surface area contributed by atoms with Gasteiger partial charge in [-0.1, -0.05) is 19.3 Å². The maximum absolute atomic E-state index is 13.1. The third-order valence-electron chi connectivity index (χ3n) is 6.09. The number of aryl methyl sites for hydroxylation is 1. The molecule has 0 spiro atoms. The number of rotatable bonds is 3. The second kappa shape index (κ2) is 7.31. The summed E-state index contributed by atoms with van der Waals surface area (Å²) in [5.74, 6) is 0.391. The molecule has 142 valence electrons. The molecule has 0 unspecified atom stereocenters. The average molecular weight is 377 g/mol. The summed E-state index contributed by atoms with van der Waals surface area (Å²) in [6.07, 6.45) is 8.96. The first-order chi connectivity index (χ1) is 12.6. The molecule has 2 heterocycles. The molecule has 2 aliphatic heterocycles. The number of anilines is 1. The summed E-state index contributed by atoms with van der Waals surface area (Å²) in [5.41, 5.74) is 1.92. The third kappa shape index (κ3) is 3.29. The fraction of sp³-hybridized carbons (Fsp3) is 0.650. The molecule has 0 atom stereocenters. The van der Waals surface area contributed by atoms with Crippen molar-refractivity contribution in [2.45, 2.75) is 62.7 Å². The van der Waals surface area contributed by atoms with Gasteiger partial charge in [0, 0.05) is 31.2 Å². The minimum Gasteiger partial charge on any atom is -0.312 e. The van der Waals surface area contributed by atoms with Gasteiger partial charge in [0.15, 0.2) is 0 Å². The Bertz CT molecular complexity index is 778. The molecule has 3 aliphatic rings. The lowest BCUT2D eigenvalue weighted by Crippen LogP contribution is -2.42. The number of sulfonamides is 1. The number of hydrogen-bond acceptors (Lipinski definition) is 3. The van der Waals surface area contributed by atoms with Crippen LogP contribution in [0.15, 0.2) is 23.1 Å². The van der Waals surface area contributed by atoms with E-state index in [-0.39, 0.29) is 11.8 Å². The Labute approximate surface area is 156 Å². The van der Waals surface area contributed by atoms with Crippen LogP contribution >= 0.6 is 0 Å². The van der Waals surface area contributed by atoms with Crippen molar-refractivity contribution in [3.8, 4) is 0 Å². The van der Waals surface area contributed by atoms with Gasteiger partial charge in [0.2, 0.25) is 15.9 Å². The van der Waals surface area contributed by atoms with Gasteiger partial charge in [0.05, 0.1) is 4.90 Å².